The first-order valence-corrected chi connectivity index (χ1v) is 19.5. The Morgan fingerprint density at radius 1 is 0.564 bits per heavy atom. The molecule has 11 heteroatoms. The summed E-state index contributed by atoms with van der Waals surface area (Å²) in [6, 6.07) is 24.5. The van der Waals surface area contributed by atoms with Crippen LogP contribution in [0.3, 0.4) is 0 Å². The molecule has 1 fully saturated rings. The van der Waals surface area contributed by atoms with Gasteiger partial charge in [-0.3, -0.25) is 9.80 Å². The summed E-state index contributed by atoms with van der Waals surface area (Å²) in [5.41, 5.74) is 3.92. The van der Waals surface area contributed by atoms with Crippen molar-refractivity contribution in [3.8, 4) is 50.8 Å². The second-order valence-electron chi connectivity index (χ2n) is 13.8. The number of hydrogen-bond acceptors (Lipinski definition) is 11. The standard InChI is InChI=1S/C44H53N3O7S/c1-28(30(3)53-38-24-32(16-18-36(38)48-5)14-15-33-25-40(50-7)43(52-9)41(26-33)51-8)46-20-22-47(23-21-46)29(2)31(4)54-39-27-34(17-19-37(39)49-6)44-45-35-12-10-11-13-42(35)55-44/h10-19,24-31H,20-23H2,1-9H3/b15-14-. The lowest BCUT2D eigenvalue weighted by Crippen LogP contribution is -2.56. The number of ether oxygens (including phenoxy) is 7. The molecule has 1 aliphatic rings. The fourth-order valence-corrected chi connectivity index (χ4v) is 7.88. The predicted octanol–water partition coefficient (Wildman–Crippen LogP) is 8.81. The Morgan fingerprint density at radius 2 is 1.07 bits per heavy atom. The molecule has 4 unspecified atom stereocenters. The molecule has 55 heavy (non-hydrogen) atoms. The van der Waals surface area contributed by atoms with Crippen molar-refractivity contribution in [2.75, 3.05) is 61.7 Å². The molecular formula is C44H53N3O7S. The Balaban J connectivity index is 1.06. The zero-order valence-electron chi connectivity index (χ0n) is 33.3. The lowest BCUT2D eigenvalue weighted by atomic mass is 10.1. The first-order chi connectivity index (χ1) is 26.7. The van der Waals surface area contributed by atoms with Crippen molar-refractivity contribution in [1.29, 1.82) is 0 Å². The van der Waals surface area contributed by atoms with Gasteiger partial charge in [0.05, 0.1) is 45.8 Å². The highest BCUT2D eigenvalue weighted by atomic mass is 32.1. The zero-order valence-corrected chi connectivity index (χ0v) is 34.1. The fourth-order valence-electron chi connectivity index (χ4n) is 6.92. The Morgan fingerprint density at radius 3 is 1.62 bits per heavy atom. The molecular weight excluding hydrogens is 715 g/mol. The third kappa shape index (κ3) is 9.12. The van der Waals surface area contributed by atoms with Crippen LogP contribution in [0.15, 0.2) is 72.8 Å². The maximum atomic E-state index is 6.61. The van der Waals surface area contributed by atoms with Crippen molar-refractivity contribution < 1.29 is 33.2 Å². The van der Waals surface area contributed by atoms with Crippen molar-refractivity contribution in [3.63, 3.8) is 0 Å². The molecule has 292 valence electrons. The Labute approximate surface area is 329 Å². The molecule has 0 spiro atoms. The van der Waals surface area contributed by atoms with Gasteiger partial charge in [-0.15, -0.1) is 11.3 Å². The smallest absolute Gasteiger partial charge is 0.203 e. The number of piperazine rings is 1. The first-order valence-electron chi connectivity index (χ1n) is 18.7. The van der Waals surface area contributed by atoms with Crippen LogP contribution in [-0.2, 0) is 0 Å². The fraction of sp³-hybridized carbons (Fsp3) is 0.386. The summed E-state index contributed by atoms with van der Waals surface area (Å²) in [5.74, 6) is 4.61. The average Bonchev–Trinajstić information content (AvgIpc) is 3.66. The number of para-hydroxylation sites is 1. The number of benzene rings is 4. The Kier molecular flexibility index (Phi) is 13.1. The summed E-state index contributed by atoms with van der Waals surface area (Å²) in [5, 5.41) is 0.966. The van der Waals surface area contributed by atoms with Crippen molar-refractivity contribution in [3.05, 3.63) is 83.9 Å². The van der Waals surface area contributed by atoms with Gasteiger partial charge in [-0.25, -0.2) is 4.98 Å². The zero-order chi connectivity index (χ0) is 39.1. The number of thiazole rings is 1. The van der Waals surface area contributed by atoms with E-state index in [2.05, 4.69) is 49.6 Å². The van der Waals surface area contributed by atoms with E-state index in [1.165, 1.54) is 4.70 Å². The number of fused-ring (bicyclic) bond motifs is 1. The van der Waals surface area contributed by atoms with E-state index in [-0.39, 0.29) is 24.3 Å². The molecule has 0 amide bonds. The summed E-state index contributed by atoms with van der Waals surface area (Å²) in [6.07, 6.45) is 3.89. The first kappa shape index (κ1) is 39.7. The minimum Gasteiger partial charge on any atom is -0.493 e. The van der Waals surface area contributed by atoms with E-state index >= 15 is 0 Å². The number of nitrogens with zero attached hydrogens (tertiary/aromatic N) is 3. The van der Waals surface area contributed by atoms with Gasteiger partial charge in [0.25, 0.3) is 0 Å². The topological polar surface area (TPSA) is 84.0 Å². The number of methoxy groups -OCH3 is 5. The third-order valence-electron chi connectivity index (χ3n) is 10.5. The van der Waals surface area contributed by atoms with E-state index in [0.717, 1.165) is 59.1 Å². The second kappa shape index (κ2) is 18.1. The van der Waals surface area contributed by atoms with Crippen LogP contribution < -0.4 is 33.2 Å². The van der Waals surface area contributed by atoms with E-state index in [0.29, 0.717) is 34.5 Å². The van der Waals surface area contributed by atoms with Crippen LogP contribution in [0.25, 0.3) is 32.9 Å². The average molecular weight is 768 g/mol. The molecule has 10 nitrogen and oxygen atoms in total. The quantitative estimate of drug-likeness (QED) is 0.0909. The van der Waals surface area contributed by atoms with Crippen molar-refractivity contribution in [2.45, 2.75) is 52.0 Å². The highest BCUT2D eigenvalue weighted by Crippen LogP contribution is 2.40. The molecule has 1 aromatic heterocycles. The van der Waals surface area contributed by atoms with E-state index in [1.807, 2.05) is 72.8 Å². The molecule has 0 N–H and O–H groups in total. The highest BCUT2D eigenvalue weighted by Gasteiger charge is 2.30. The van der Waals surface area contributed by atoms with E-state index in [9.17, 15) is 0 Å². The van der Waals surface area contributed by atoms with Gasteiger partial charge in [0.1, 0.15) is 17.2 Å². The molecule has 0 radical (unpaired) electrons. The molecule has 4 atom stereocenters. The van der Waals surface area contributed by atoms with Crippen LogP contribution in [0.1, 0.15) is 38.8 Å². The van der Waals surface area contributed by atoms with E-state index < -0.39 is 0 Å². The largest absolute Gasteiger partial charge is 0.493 e. The summed E-state index contributed by atoms with van der Waals surface area (Å²) < 4.78 is 42.3. The lowest BCUT2D eigenvalue weighted by molar-refractivity contribution is 0.0115. The molecule has 1 saturated heterocycles. The third-order valence-corrected chi connectivity index (χ3v) is 11.6. The molecule has 1 aliphatic heterocycles. The van der Waals surface area contributed by atoms with Crippen LogP contribution >= 0.6 is 11.3 Å². The SMILES string of the molecule is COc1ccc(/C=C\c2cc(OC)c(OC)c(OC)c2)cc1OC(C)C(C)N1CCN(C(C)C(C)Oc2cc(-c3nc4ccccc4s3)ccc2OC)CC1. The second-order valence-corrected chi connectivity index (χ2v) is 14.8. The maximum absolute atomic E-state index is 6.61. The molecule has 2 heterocycles. The van der Waals surface area contributed by atoms with Gasteiger partial charge in [0, 0.05) is 43.8 Å². The van der Waals surface area contributed by atoms with Crippen molar-refractivity contribution in [1.82, 2.24) is 14.8 Å². The lowest BCUT2D eigenvalue weighted by Gasteiger charge is -2.43. The van der Waals surface area contributed by atoms with Gasteiger partial charge in [-0.2, -0.15) is 0 Å². The van der Waals surface area contributed by atoms with Gasteiger partial charge in [-0.05, 0) is 93.4 Å². The number of rotatable bonds is 16. The normalized spacial score (nSPS) is 16.0. The van der Waals surface area contributed by atoms with Crippen LogP contribution in [0.2, 0.25) is 0 Å². The molecule has 5 aromatic rings. The van der Waals surface area contributed by atoms with Gasteiger partial charge < -0.3 is 33.2 Å². The number of aromatic nitrogens is 1. The summed E-state index contributed by atoms with van der Waals surface area (Å²) in [7, 11) is 8.17. The summed E-state index contributed by atoms with van der Waals surface area (Å²) in [6.45, 7) is 12.5. The number of hydrogen-bond donors (Lipinski definition) is 0. The summed E-state index contributed by atoms with van der Waals surface area (Å²) in [4.78, 5) is 9.86. The minimum atomic E-state index is -0.0790. The van der Waals surface area contributed by atoms with Crippen LogP contribution in [0.4, 0.5) is 0 Å². The Hall–Kier alpha value is -4.97. The molecule has 4 aromatic carbocycles. The van der Waals surface area contributed by atoms with Gasteiger partial charge in [0.15, 0.2) is 34.5 Å². The van der Waals surface area contributed by atoms with E-state index in [1.54, 1.807) is 46.9 Å². The monoisotopic (exact) mass is 767 g/mol. The van der Waals surface area contributed by atoms with Crippen LogP contribution in [0.5, 0.6) is 40.2 Å². The summed E-state index contributed by atoms with van der Waals surface area (Å²) >= 11 is 1.68. The molecule has 0 bridgehead atoms. The molecule has 0 saturated carbocycles. The van der Waals surface area contributed by atoms with Crippen LogP contribution in [-0.4, -0.2) is 101 Å². The van der Waals surface area contributed by atoms with Gasteiger partial charge in [-0.1, -0.05) is 30.4 Å². The minimum absolute atomic E-state index is 0.0617. The van der Waals surface area contributed by atoms with Crippen molar-refractivity contribution >= 4 is 33.7 Å². The van der Waals surface area contributed by atoms with Gasteiger partial charge in [0.2, 0.25) is 5.75 Å². The van der Waals surface area contributed by atoms with Crippen molar-refractivity contribution in [2.24, 2.45) is 0 Å². The maximum Gasteiger partial charge on any atom is 0.203 e. The van der Waals surface area contributed by atoms with Crippen LogP contribution in [0, 0.1) is 0 Å². The molecule has 0 aliphatic carbocycles. The Bertz CT molecular complexity index is 2020. The van der Waals surface area contributed by atoms with Gasteiger partial charge >= 0.3 is 0 Å². The highest BCUT2D eigenvalue weighted by molar-refractivity contribution is 7.21. The predicted molar refractivity (Wildman–Crippen MR) is 222 cm³/mol. The molecule has 6 rings (SSSR count). The van der Waals surface area contributed by atoms with E-state index in [4.69, 9.17) is 38.1 Å².